The van der Waals surface area contributed by atoms with Crippen molar-refractivity contribution in [1.29, 1.82) is 0 Å². The molecule has 1 amide bonds. The molecule has 0 atom stereocenters. The maximum atomic E-state index is 12.1. The van der Waals surface area contributed by atoms with Gasteiger partial charge in [0.2, 0.25) is 0 Å². The van der Waals surface area contributed by atoms with Crippen LogP contribution in [0.2, 0.25) is 0 Å². The zero-order chi connectivity index (χ0) is 14.5. The van der Waals surface area contributed by atoms with E-state index in [1.807, 2.05) is 31.2 Å². The second-order valence-corrected chi connectivity index (χ2v) is 4.69. The quantitative estimate of drug-likeness (QED) is 0.881. The minimum atomic E-state index is -0.140. The highest BCUT2D eigenvalue weighted by molar-refractivity contribution is 5.95. The Labute approximate surface area is 118 Å². The molecule has 0 unspecified atom stereocenters. The molecule has 0 saturated carbocycles. The normalized spacial score (nSPS) is 10.3. The van der Waals surface area contributed by atoms with Crippen LogP contribution in [0.25, 0.3) is 0 Å². The predicted octanol–water partition coefficient (Wildman–Crippen LogP) is 1.48. The smallest absolute Gasteiger partial charge is 0.253 e. The summed E-state index contributed by atoms with van der Waals surface area (Å²) >= 11 is 0. The van der Waals surface area contributed by atoms with E-state index in [0.29, 0.717) is 24.3 Å². The number of nitrogens with two attached hydrogens (primary N) is 1. The number of amides is 1. The number of nitrogens with one attached hydrogen (secondary N) is 1. The van der Waals surface area contributed by atoms with Crippen molar-refractivity contribution < 1.29 is 4.79 Å². The van der Waals surface area contributed by atoms with E-state index in [4.69, 9.17) is 5.73 Å². The van der Waals surface area contributed by atoms with E-state index in [1.165, 1.54) is 0 Å². The molecule has 20 heavy (non-hydrogen) atoms. The average Bonchev–Trinajstić information content (AvgIpc) is 2.47. The van der Waals surface area contributed by atoms with Gasteiger partial charge in [-0.15, -0.1) is 0 Å². The monoisotopic (exact) mass is 270 g/mol. The van der Waals surface area contributed by atoms with Crippen LogP contribution in [0.5, 0.6) is 0 Å². The number of hydrogen-bond donors (Lipinski definition) is 2. The highest BCUT2D eigenvalue weighted by Gasteiger charge is 2.10. The third-order valence-electron chi connectivity index (χ3n) is 3.03. The van der Waals surface area contributed by atoms with Crippen molar-refractivity contribution in [1.82, 2.24) is 15.5 Å². The Bertz CT molecular complexity index is 625. The molecule has 0 aliphatic heterocycles. The summed E-state index contributed by atoms with van der Waals surface area (Å²) in [5.74, 6) is -0.140. The first kappa shape index (κ1) is 14.1. The minimum absolute atomic E-state index is 0.140. The zero-order valence-electron chi connectivity index (χ0n) is 11.7. The molecule has 2 rings (SSSR count). The van der Waals surface area contributed by atoms with Gasteiger partial charge in [-0.05, 0) is 31.0 Å². The molecule has 0 fully saturated rings. The fraction of sp³-hybridized carbons (Fsp3) is 0.267. The fourth-order valence-electron chi connectivity index (χ4n) is 1.92. The molecule has 5 heteroatoms. The maximum Gasteiger partial charge on any atom is 0.253 e. The van der Waals surface area contributed by atoms with Gasteiger partial charge in [-0.2, -0.15) is 10.2 Å². The summed E-state index contributed by atoms with van der Waals surface area (Å²) in [5.41, 5.74) is 9.59. The molecular formula is C15H18N4O. The summed E-state index contributed by atoms with van der Waals surface area (Å²) < 4.78 is 0. The maximum absolute atomic E-state index is 12.1. The molecular weight excluding hydrogens is 252 g/mol. The fourth-order valence-corrected chi connectivity index (χ4v) is 1.92. The molecule has 3 N–H and O–H groups in total. The molecule has 1 aromatic carbocycles. The van der Waals surface area contributed by atoms with Crippen molar-refractivity contribution >= 4 is 5.91 Å². The largest absolute Gasteiger partial charge is 0.348 e. The van der Waals surface area contributed by atoms with Gasteiger partial charge in [-0.3, -0.25) is 4.79 Å². The summed E-state index contributed by atoms with van der Waals surface area (Å²) in [4.78, 5) is 12.1. The van der Waals surface area contributed by atoms with Crippen molar-refractivity contribution in [3.8, 4) is 0 Å². The van der Waals surface area contributed by atoms with E-state index >= 15 is 0 Å². The predicted molar refractivity (Wildman–Crippen MR) is 77.0 cm³/mol. The third-order valence-corrected chi connectivity index (χ3v) is 3.03. The molecule has 0 aliphatic rings. The molecule has 1 aromatic heterocycles. The van der Waals surface area contributed by atoms with Gasteiger partial charge in [-0.25, -0.2) is 0 Å². The molecule has 0 saturated heterocycles. The van der Waals surface area contributed by atoms with Crippen LogP contribution in [0.3, 0.4) is 0 Å². The number of aromatic nitrogens is 2. The lowest BCUT2D eigenvalue weighted by Crippen LogP contribution is -2.24. The van der Waals surface area contributed by atoms with Crippen LogP contribution in [0.1, 0.15) is 32.9 Å². The Hall–Kier alpha value is -2.27. The van der Waals surface area contributed by atoms with E-state index in [2.05, 4.69) is 15.5 Å². The van der Waals surface area contributed by atoms with Crippen molar-refractivity contribution in [2.24, 2.45) is 5.73 Å². The summed E-state index contributed by atoms with van der Waals surface area (Å²) in [7, 11) is 0. The van der Waals surface area contributed by atoms with Gasteiger partial charge < -0.3 is 11.1 Å². The lowest BCUT2D eigenvalue weighted by molar-refractivity contribution is 0.0949. The van der Waals surface area contributed by atoms with Gasteiger partial charge in [0.25, 0.3) is 5.91 Å². The highest BCUT2D eigenvalue weighted by atomic mass is 16.1. The number of rotatable bonds is 4. The van der Waals surface area contributed by atoms with Gasteiger partial charge in [0, 0.05) is 13.1 Å². The Balaban J connectivity index is 2.06. The average molecular weight is 270 g/mol. The molecule has 5 nitrogen and oxygen atoms in total. The zero-order valence-corrected chi connectivity index (χ0v) is 11.7. The first-order chi connectivity index (χ1) is 9.60. The number of carbonyl (C=O) groups is 1. The number of benzene rings is 1. The Morgan fingerprint density at radius 2 is 1.95 bits per heavy atom. The Kier molecular flexibility index (Phi) is 4.42. The standard InChI is InChI=1S/C15H18N4O/c1-10-6-14(11(2)19-18-10)15(20)17-9-13-5-3-4-12(7-13)8-16/h3-7H,8-9,16H2,1-2H3,(H,17,20). The SMILES string of the molecule is Cc1cc(C(=O)NCc2cccc(CN)c2)c(C)nn1. The second-order valence-electron chi connectivity index (χ2n) is 4.69. The van der Waals surface area contributed by atoms with Crippen LogP contribution in [0.15, 0.2) is 30.3 Å². The Morgan fingerprint density at radius 3 is 2.70 bits per heavy atom. The van der Waals surface area contributed by atoms with E-state index in [-0.39, 0.29) is 5.91 Å². The van der Waals surface area contributed by atoms with Crippen LogP contribution >= 0.6 is 0 Å². The van der Waals surface area contributed by atoms with E-state index in [1.54, 1.807) is 13.0 Å². The Morgan fingerprint density at radius 1 is 1.20 bits per heavy atom. The van der Waals surface area contributed by atoms with Crippen LogP contribution < -0.4 is 11.1 Å². The molecule has 2 aromatic rings. The molecule has 1 heterocycles. The van der Waals surface area contributed by atoms with Gasteiger partial charge in [0.15, 0.2) is 0 Å². The van der Waals surface area contributed by atoms with Gasteiger partial charge in [0.05, 0.1) is 17.0 Å². The lowest BCUT2D eigenvalue weighted by Gasteiger charge is -2.08. The van der Waals surface area contributed by atoms with Gasteiger partial charge in [0.1, 0.15) is 0 Å². The van der Waals surface area contributed by atoms with Crippen LogP contribution in [0.4, 0.5) is 0 Å². The summed E-state index contributed by atoms with van der Waals surface area (Å²) in [5, 5.41) is 10.8. The van der Waals surface area contributed by atoms with E-state index in [9.17, 15) is 4.79 Å². The third kappa shape index (κ3) is 3.39. The summed E-state index contributed by atoms with van der Waals surface area (Å²) in [6.07, 6.45) is 0. The molecule has 0 bridgehead atoms. The number of aryl methyl sites for hydroxylation is 2. The van der Waals surface area contributed by atoms with Crippen molar-refractivity contribution in [3.63, 3.8) is 0 Å². The van der Waals surface area contributed by atoms with E-state index < -0.39 is 0 Å². The van der Waals surface area contributed by atoms with Crippen LogP contribution in [-0.4, -0.2) is 16.1 Å². The molecule has 0 radical (unpaired) electrons. The first-order valence-electron chi connectivity index (χ1n) is 6.47. The van der Waals surface area contributed by atoms with Crippen molar-refractivity contribution in [3.05, 3.63) is 58.4 Å². The van der Waals surface area contributed by atoms with Crippen LogP contribution in [-0.2, 0) is 13.1 Å². The molecule has 0 spiro atoms. The molecule has 0 aliphatic carbocycles. The number of nitrogens with zero attached hydrogens (tertiary/aromatic N) is 2. The molecule has 104 valence electrons. The van der Waals surface area contributed by atoms with Gasteiger partial charge in [-0.1, -0.05) is 24.3 Å². The highest BCUT2D eigenvalue weighted by Crippen LogP contribution is 2.07. The van der Waals surface area contributed by atoms with Crippen LogP contribution in [0, 0.1) is 13.8 Å². The minimum Gasteiger partial charge on any atom is -0.348 e. The second kappa shape index (κ2) is 6.25. The van der Waals surface area contributed by atoms with E-state index in [0.717, 1.165) is 16.8 Å². The van der Waals surface area contributed by atoms with Gasteiger partial charge >= 0.3 is 0 Å². The van der Waals surface area contributed by atoms with Crippen molar-refractivity contribution in [2.75, 3.05) is 0 Å². The summed E-state index contributed by atoms with van der Waals surface area (Å²) in [6.45, 7) is 4.55. The lowest BCUT2D eigenvalue weighted by atomic mass is 10.1. The topological polar surface area (TPSA) is 80.9 Å². The number of carbonyl (C=O) groups excluding carboxylic acids is 1. The van der Waals surface area contributed by atoms with Crippen molar-refractivity contribution in [2.45, 2.75) is 26.9 Å². The first-order valence-corrected chi connectivity index (χ1v) is 6.47. The number of hydrogen-bond acceptors (Lipinski definition) is 4. The summed E-state index contributed by atoms with van der Waals surface area (Å²) in [6, 6.07) is 9.60.